The third kappa shape index (κ3) is 2.43. The molecular formula is C11H16N2O3S. The van der Waals surface area contributed by atoms with Crippen LogP contribution in [0.15, 0.2) is 17.0 Å². The second kappa shape index (κ2) is 4.64. The predicted octanol–water partition coefficient (Wildman–Crippen LogP) is -0.0115. The summed E-state index contributed by atoms with van der Waals surface area (Å²) in [5.74, 6) is -0.181. The van der Waals surface area contributed by atoms with E-state index in [1.54, 1.807) is 12.1 Å². The molecule has 17 heavy (non-hydrogen) atoms. The summed E-state index contributed by atoms with van der Waals surface area (Å²) in [6, 6.07) is 3.13. The topological polar surface area (TPSA) is 78.4 Å². The van der Waals surface area contributed by atoms with Gasteiger partial charge in [0, 0.05) is 0 Å². The molecule has 1 aromatic rings. The van der Waals surface area contributed by atoms with Crippen LogP contribution in [0.2, 0.25) is 0 Å². The van der Waals surface area contributed by atoms with Crippen molar-refractivity contribution in [3.63, 3.8) is 0 Å². The number of phenolic OH excluding ortho intramolecular Hbond substituents is 1. The van der Waals surface area contributed by atoms with E-state index in [0.29, 0.717) is 0 Å². The number of rotatable bonds is 2. The monoisotopic (exact) mass is 256 g/mol. The highest BCUT2D eigenvalue weighted by Gasteiger charge is 2.20. The number of sulfonamides is 1. The molecule has 0 bridgehead atoms. The minimum absolute atomic E-state index is 0.0411. The zero-order valence-corrected chi connectivity index (χ0v) is 10.5. The first-order chi connectivity index (χ1) is 8.04. The standard InChI is InChI=1S/C11H16N2O3S/c1-12-17(15,16)11-7-9-3-5-13-4-2-8(9)6-10(11)14/h6-7,12-14H,2-5H2,1H3. The van der Waals surface area contributed by atoms with Crippen LogP contribution >= 0.6 is 0 Å². The summed E-state index contributed by atoms with van der Waals surface area (Å²) in [5.41, 5.74) is 2.00. The SMILES string of the molecule is CNS(=O)(=O)c1cc2c(cc1O)CCNCC2. The largest absolute Gasteiger partial charge is 0.507 e. The van der Waals surface area contributed by atoms with Crippen molar-refractivity contribution in [3.05, 3.63) is 23.3 Å². The van der Waals surface area contributed by atoms with Gasteiger partial charge in [-0.25, -0.2) is 13.1 Å². The average molecular weight is 256 g/mol. The van der Waals surface area contributed by atoms with Gasteiger partial charge in [-0.3, -0.25) is 0 Å². The molecule has 3 N–H and O–H groups in total. The van der Waals surface area contributed by atoms with Crippen LogP contribution in [0, 0.1) is 0 Å². The van der Waals surface area contributed by atoms with Crippen molar-refractivity contribution >= 4 is 10.0 Å². The highest BCUT2D eigenvalue weighted by atomic mass is 32.2. The first-order valence-electron chi connectivity index (χ1n) is 5.53. The van der Waals surface area contributed by atoms with E-state index in [1.807, 2.05) is 0 Å². The van der Waals surface area contributed by atoms with Crippen molar-refractivity contribution in [2.75, 3.05) is 20.1 Å². The van der Waals surface area contributed by atoms with Gasteiger partial charge in [-0.2, -0.15) is 0 Å². The van der Waals surface area contributed by atoms with Crippen molar-refractivity contribution in [1.29, 1.82) is 0 Å². The molecule has 1 aliphatic rings. The van der Waals surface area contributed by atoms with Gasteiger partial charge < -0.3 is 10.4 Å². The van der Waals surface area contributed by atoms with Gasteiger partial charge in [-0.05, 0) is 56.2 Å². The number of benzene rings is 1. The van der Waals surface area contributed by atoms with Gasteiger partial charge in [0.15, 0.2) is 0 Å². The van der Waals surface area contributed by atoms with E-state index in [1.165, 1.54) is 7.05 Å². The summed E-state index contributed by atoms with van der Waals surface area (Å²) in [6.07, 6.45) is 1.59. The Hall–Kier alpha value is -1.11. The van der Waals surface area contributed by atoms with E-state index in [0.717, 1.165) is 37.1 Å². The van der Waals surface area contributed by atoms with Crippen LogP contribution < -0.4 is 10.0 Å². The van der Waals surface area contributed by atoms with E-state index in [9.17, 15) is 13.5 Å². The number of nitrogens with one attached hydrogen (secondary N) is 2. The highest BCUT2D eigenvalue weighted by molar-refractivity contribution is 7.89. The number of phenols is 1. The first-order valence-corrected chi connectivity index (χ1v) is 7.02. The Kier molecular flexibility index (Phi) is 3.37. The molecule has 0 aliphatic carbocycles. The van der Waals surface area contributed by atoms with Gasteiger partial charge in [0.1, 0.15) is 10.6 Å². The van der Waals surface area contributed by atoms with E-state index < -0.39 is 10.0 Å². The molecule has 0 unspecified atom stereocenters. The van der Waals surface area contributed by atoms with E-state index >= 15 is 0 Å². The van der Waals surface area contributed by atoms with Crippen molar-refractivity contribution < 1.29 is 13.5 Å². The lowest BCUT2D eigenvalue weighted by Crippen LogP contribution is -2.19. The fourth-order valence-corrected chi connectivity index (χ4v) is 2.87. The van der Waals surface area contributed by atoms with Crippen LogP contribution in [0.3, 0.4) is 0 Å². The zero-order chi connectivity index (χ0) is 12.5. The second-order valence-electron chi connectivity index (χ2n) is 4.05. The van der Waals surface area contributed by atoms with Crippen LogP contribution in [0.4, 0.5) is 0 Å². The molecule has 0 spiro atoms. The summed E-state index contributed by atoms with van der Waals surface area (Å²) in [6.45, 7) is 1.68. The minimum Gasteiger partial charge on any atom is -0.507 e. The molecule has 6 heteroatoms. The summed E-state index contributed by atoms with van der Waals surface area (Å²) < 4.78 is 25.6. The van der Waals surface area contributed by atoms with Crippen molar-refractivity contribution in [3.8, 4) is 5.75 Å². The molecule has 0 aromatic heterocycles. The van der Waals surface area contributed by atoms with E-state index in [2.05, 4.69) is 10.0 Å². The molecule has 0 fully saturated rings. The van der Waals surface area contributed by atoms with Gasteiger partial charge in [0.2, 0.25) is 10.0 Å². The molecule has 0 saturated carbocycles. The molecule has 1 aromatic carbocycles. The van der Waals surface area contributed by atoms with Crippen LogP contribution in [0.25, 0.3) is 0 Å². The summed E-state index contributed by atoms with van der Waals surface area (Å²) in [4.78, 5) is -0.0411. The molecule has 0 radical (unpaired) electrons. The second-order valence-corrected chi connectivity index (χ2v) is 5.90. The van der Waals surface area contributed by atoms with Gasteiger partial charge >= 0.3 is 0 Å². The van der Waals surface area contributed by atoms with E-state index in [-0.39, 0.29) is 10.6 Å². The Bertz CT molecular complexity index is 526. The van der Waals surface area contributed by atoms with Gasteiger partial charge in [-0.15, -0.1) is 0 Å². The molecule has 5 nitrogen and oxygen atoms in total. The van der Waals surface area contributed by atoms with Gasteiger partial charge in [0.25, 0.3) is 0 Å². The van der Waals surface area contributed by atoms with Crippen LogP contribution in [-0.4, -0.2) is 33.7 Å². The predicted molar refractivity (Wildman–Crippen MR) is 64.6 cm³/mol. The Morgan fingerprint density at radius 2 is 1.82 bits per heavy atom. The highest BCUT2D eigenvalue weighted by Crippen LogP contribution is 2.27. The third-order valence-corrected chi connectivity index (χ3v) is 4.43. The Balaban J connectivity index is 2.53. The van der Waals surface area contributed by atoms with Crippen molar-refractivity contribution in [2.24, 2.45) is 0 Å². The summed E-state index contributed by atoms with van der Waals surface area (Å²) >= 11 is 0. The van der Waals surface area contributed by atoms with Crippen LogP contribution in [-0.2, 0) is 22.9 Å². The van der Waals surface area contributed by atoms with Crippen LogP contribution in [0.5, 0.6) is 5.75 Å². The molecule has 94 valence electrons. The number of hydrogen-bond acceptors (Lipinski definition) is 4. The maximum Gasteiger partial charge on any atom is 0.243 e. The molecule has 0 amide bonds. The number of aromatic hydroxyl groups is 1. The molecule has 1 heterocycles. The smallest absolute Gasteiger partial charge is 0.243 e. The lowest BCUT2D eigenvalue weighted by Gasteiger charge is -2.11. The van der Waals surface area contributed by atoms with Crippen molar-refractivity contribution in [2.45, 2.75) is 17.7 Å². The maximum absolute atomic E-state index is 11.7. The number of fused-ring (bicyclic) bond motifs is 1. The summed E-state index contributed by atoms with van der Waals surface area (Å²) in [7, 11) is -2.26. The lowest BCUT2D eigenvalue weighted by atomic mass is 10.0. The minimum atomic E-state index is -3.59. The lowest BCUT2D eigenvalue weighted by molar-refractivity contribution is 0.457. The Morgan fingerprint density at radius 3 is 2.41 bits per heavy atom. The molecule has 2 rings (SSSR count). The molecule has 0 saturated heterocycles. The Labute approximate surface area is 101 Å². The molecular weight excluding hydrogens is 240 g/mol. The summed E-state index contributed by atoms with van der Waals surface area (Å²) in [5, 5.41) is 13.0. The van der Waals surface area contributed by atoms with E-state index in [4.69, 9.17) is 0 Å². The maximum atomic E-state index is 11.7. The number of hydrogen-bond donors (Lipinski definition) is 3. The van der Waals surface area contributed by atoms with Gasteiger partial charge in [-0.1, -0.05) is 0 Å². The first kappa shape index (κ1) is 12.3. The quantitative estimate of drug-likeness (QED) is 0.695. The fourth-order valence-electron chi connectivity index (χ4n) is 2.02. The Morgan fingerprint density at radius 1 is 1.24 bits per heavy atom. The van der Waals surface area contributed by atoms with Crippen molar-refractivity contribution in [1.82, 2.24) is 10.0 Å². The third-order valence-electron chi connectivity index (χ3n) is 2.98. The fraction of sp³-hybridized carbons (Fsp3) is 0.455. The van der Waals surface area contributed by atoms with Gasteiger partial charge in [0.05, 0.1) is 0 Å². The zero-order valence-electron chi connectivity index (χ0n) is 9.66. The average Bonchev–Trinajstić information content (AvgIpc) is 2.52. The molecule has 1 aliphatic heterocycles. The molecule has 0 atom stereocenters. The van der Waals surface area contributed by atoms with Crippen LogP contribution in [0.1, 0.15) is 11.1 Å². The normalized spacial score (nSPS) is 16.3.